The first kappa shape index (κ1) is 18.1. The third-order valence-electron chi connectivity index (χ3n) is 3.73. The Hall–Kier alpha value is -2.23. The zero-order valence-corrected chi connectivity index (χ0v) is 17.0. The van der Waals surface area contributed by atoms with Crippen LogP contribution in [0.25, 0.3) is 11.4 Å². The van der Waals surface area contributed by atoms with Gasteiger partial charge in [-0.15, -0.1) is 21.5 Å². The number of anilines is 1. The number of aromatic nitrogens is 4. The Morgan fingerprint density at radius 2 is 2.04 bits per heavy atom. The van der Waals surface area contributed by atoms with Crippen molar-refractivity contribution < 1.29 is 4.52 Å². The molecule has 0 bridgehead atoms. The quantitative estimate of drug-likeness (QED) is 0.410. The number of benzene rings is 1. The van der Waals surface area contributed by atoms with E-state index in [1.54, 1.807) is 23.1 Å². The van der Waals surface area contributed by atoms with Crippen LogP contribution in [-0.2, 0) is 12.2 Å². The first-order chi connectivity index (χ1) is 13.3. The zero-order chi connectivity index (χ0) is 18.5. The highest BCUT2D eigenvalue weighted by Gasteiger charge is 2.11. The molecule has 3 aromatic heterocycles. The molecule has 0 unspecified atom stereocenters. The lowest BCUT2D eigenvalue weighted by Crippen LogP contribution is -2.03. The fourth-order valence-electron chi connectivity index (χ4n) is 2.34. The number of rotatable bonds is 8. The summed E-state index contributed by atoms with van der Waals surface area (Å²) in [4.78, 5) is 5.82. The Morgan fingerprint density at radius 3 is 2.85 bits per heavy atom. The Morgan fingerprint density at radius 1 is 1.15 bits per heavy atom. The molecule has 0 aliphatic rings. The molecule has 0 fully saturated rings. The van der Waals surface area contributed by atoms with Crippen molar-refractivity contribution >= 4 is 39.6 Å². The molecule has 9 heteroatoms. The Kier molecular flexibility index (Phi) is 5.81. The highest BCUT2D eigenvalue weighted by molar-refractivity contribution is 8.00. The van der Waals surface area contributed by atoms with Gasteiger partial charge in [-0.2, -0.15) is 4.98 Å². The summed E-state index contributed by atoms with van der Waals surface area (Å²) in [5.41, 5.74) is 2.16. The maximum absolute atomic E-state index is 5.34. The molecule has 0 saturated carbocycles. The largest absolute Gasteiger partial charge is 0.360 e. The van der Waals surface area contributed by atoms with Crippen LogP contribution in [0.3, 0.4) is 0 Å². The van der Waals surface area contributed by atoms with Gasteiger partial charge >= 0.3 is 0 Å². The number of thiophene rings is 1. The van der Waals surface area contributed by atoms with Crippen molar-refractivity contribution in [3.8, 4) is 11.4 Å². The molecule has 6 nitrogen and oxygen atoms in total. The molecule has 0 radical (unpaired) electrons. The van der Waals surface area contributed by atoms with Gasteiger partial charge in [-0.3, -0.25) is 0 Å². The molecular weight excluding hydrogens is 398 g/mol. The van der Waals surface area contributed by atoms with Gasteiger partial charge in [0.25, 0.3) is 0 Å². The van der Waals surface area contributed by atoms with Crippen LogP contribution >= 0.6 is 34.4 Å². The van der Waals surface area contributed by atoms with Crippen LogP contribution in [0.4, 0.5) is 5.13 Å². The molecule has 1 aromatic carbocycles. The fourth-order valence-corrected chi connectivity index (χ4v) is 4.67. The molecule has 0 atom stereocenters. The number of thioether (sulfide) groups is 1. The average molecular weight is 416 g/mol. The SMILES string of the molecule is Cc1ccc(-c2noc(CSc3nnc(NCCc4cccs4)s3)n2)cc1. The maximum atomic E-state index is 5.34. The van der Waals surface area contributed by atoms with Crippen molar-refractivity contribution in [1.29, 1.82) is 0 Å². The molecule has 4 aromatic rings. The van der Waals surface area contributed by atoms with E-state index in [9.17, 15) is 0 Å². The predicted molar refractivity (Wildman–Crippen MR) is 110 cm³/mol. The summed E-state index contributed by atoms with van der Waals surface area (Å²) < 4.78 is 6.22. The first-order valence-electron chi connectivity index (χ1n) is 8.38. The van der Waals surface area contributed by atoms with Gasteiger partial charge in [-0.05, 0) is 24.8 Å². The molecular formula is C18H17N5OS3. The van der Waals surface area contributed by atoms with Crippen LogP contribution < -0.4 is 5.32 Å². The second-order valence-electron chi connectivity index (χ2n) is 5.80. The van der Waals surface area contributed by atoms with Crippen LogP contribution in [0.15, 0.2) is 50.6 Å². The lowest BCUT2D eigenvalue weighted by Gasteiger charge is -1.98. The van der Waals surface area contributed by atoms with Crippen molar-refractivity contribution in [2.24, 2.45) is 0 Å². The maximum Gasteiger partial charge on any atom is 0.237 e. The summed E-state index contributed by atoms with van der Waals surface area (Å²) in [6.45, 7) is 2.90. The number of aryl methyl sites for hydroxylation is 1. The van der Waals surface area contributed by atoms with Gasteiger partial charge in [0.15, 0.2) is 4.34 Å². The van der Waals surface area contributed by atoms with Gasteiger partial charge in [0.1, 0.15) is 0 Å². The normalized spacial score (nSPS) is 11.0. The average Bonchev–Trinajstić information content (AvgIpc) is 3.43. The lowest BCUT2D eigenvalue weighted by molar-refractivity contribution is 0.391. The summed E-state index contributed by atoms with van der Waals surface area (Å²) in [6, 6.07) is 12.3. The summed E-state index contributed by atoms with van der Waals surface area (Å²) >= 11 is 4.85. The zero-order valence-electron chi connectivity index (χ0n) is 14.6. The molecule has 1 N–H and O–H groups in total. The van der Waals surface area contributed by atoms with E-state index >= 15 is 0 Å². The van der Waals surface area contributed by atoms with E-state index in [4.69, 9.17) is 4.52 Å². The van der Waals surface area contributed by atoms with Crippen molar-refractivity contribution in [1.82, 2.24) is 20.3 Å². The monoisotopic (exact) mass is 415 g/mol. The number of hydrogen-bond donors (Lipinski definition) is 1. The summed E-state index contributed by atoms with van der Waals surface area (Å²) in [7, 11) is 0. The van der Waals surface area contributed by atoms with Gasteiger partial charge in [0.05, 0.1) is 5.75 Å². The minimum atomic E-state index is 0.572. The van der Waals surface area contributed by atoms with Crippen molar-refractivity contribution in [2.75, 3.05) is 11.9 Å². The Labute approximate surface area is 169 Å². The smallest absolute Gasteiger partial charge is 0.237 e. The van der Waals surface area contributed by atoms with E-state index in [1.807, 2.05) is 24.3 Å². The van der Waals surface area contributed by atoms with Gasteiger partial charge in [0, 0.05) is 17.0 Å². The third kappa shape index (κ3) is 4.94. The molecule has 0 aliphatic heterocycles. The molecule has 0 aliphatic carbocycles. The highest BCUT2D eigenvalue weighted by Crippen LogP contribution is 2.28. The second-order valence-corrected chi connectivity index (χ2v) is 9.03. The van der Waals surface area contributed by atoms with E-state index in [-0.39, 0.29) is 0 Å². The highest BCUT2D eigenvalue weighted by atomic mass is 32.2. The van der Waals surface area contributed by atoms with E-state index < -0.39 is 0 Å². The summed E-state index contributed by atoms with van der Waals surface area (Å²) in [6.07, 6.45) is 0.990. The molecule has 4 rings (SSSR count). The van der Waals surface area contributed by atoms with Crippen LogP contribution in [0.1, 0.15) is 16.3 Å². The van der Waals surface area contributed by atoms with Crippen molar-refractivity contribution in [3.63, 3.8) is 0 Å². The van der Waals surface area contributed by atoms with Crippen molar-refractivity contribution in [2.45, 2.75) is 23.4 Å². The predicted octanol–water partition coefficient (Wildman–Crippen LogP) is 4.90. The van der Waals surface area contributed by atoms with Gasteiger partial charge in [0.2, 0.25) is 16.8 Å². The van der Waals surface area contributed by atoms with Gasteiger partial charge in [-0.1, -0.05) is 64.2 Å². The van der Waals surface area contributed by atoms with Gasteiger partial charge in [-0.25, -0.2) is 0 Å². The van der Waals surface area contributed by atoms with E-state index in [0.29, 0.717) is 17.5 Å². The third-order valence-corrected chi connectivity index (χ3v) is 6.67. The topological polar surface area (TPSA) is 76.7 Å². The minimum absolute atomic E-state index is 0.572. The summed E-state index contributed by atoms with van der Waals surface area (Å²) in [5, 5.41) is 18.7. The van der Waals surface area contributed by atoms with E-state index in [2.05, 4.69) is 50.1 Å². The van der Waals surface area contributed by atoms with Crippen LogP contribution in [0.5, 0.6) is 0 Å². The van der Waals surface area contributed by atoms with Crippen LogP contribution in [0, 0.1) is 6.92 Å². The van der Waals surface area contributed by atoms with Gasteiger partial charge < -0.3 is 9.84 Å². The number of nitrogens with one attached hydrogen (secondary N) is 1. The minimum Gasteiger partial charge on any atom is -0.360 e. The first-order valence-corrected chi connectivity index (χ1v) is 11.1. The van der Waals surface area contributed by atoms with E-state index in [1.165, 1.54) is 21.8 Å². The van der Waals surface area contributed by atoms with Crippen molar-refractivity contribution in [3.05, 3.63) is 58.1 Å². The van der Waals surface area contributed by atoms with Crippen LogP contribution in [-0.4, -0.2) is 26.9 Å². The number of nitrogens with zero attached hydrogens (tertiary/aromatic N) is 4. The molecule has 27 heavy (non-hydrogen) atoms. The fraction of sp³-hybridized carbons (Fsp3) is 0.222. The standard InChI is InChI=1S/C18H17N5OS3/c1-12-4-6-13(7-5-12)16-20-15(24-23-16)11-26-18-22-21-17(27-18)19-9-8-14-3-2-10-25-14/h2-7,10H,8-9,11H2,1H3,(H,19,21). The molecule has 3 heterocycles. The molecule has 0 saturated heterocycles. The number of hydrogen-bond acceptors (Lipinski definition) is 9. The molecule has 0 amide bonds. The Bertz CT molecular complexity index is 979. The van der Waals surface area contributed by atoms with E-state index in [0.717, 1.165) is 28.0 Å². The molecule has 138 valence electrons. The van der Waals surface area contributed by atoms with Crippen LogP contribution in [0.2, 0.25) is 0 Å². The summed E-state index contributed by atoms with van der Waals surface area (Å²) in [5.74, 6) is 1.76. The second kappa shape index (κ2) is 8.64. The molecule has 0 spiro atoms. The lowest BCUT2D eigenvalue weighted by atomic mass is 10.1. The Balaban J connectivity index is 1.28.